The van der Waals surface area contributed by atoms with Crippen LogP contribution in [0, 0.1) is 13.8 Å². The van der Waals surface area contributed by atoms with Crippen LogP contribution in [0.5, 0.6) is 0 Å². The zero-order chi connectivity index (χ0) is 21.1. The molecule has 1 fully saturated rings. The maximum atomic E-state index is 12.4. The summed E-state index contributed by atoms with van der Waals surface area (Å²) in [6, 6.07) is 11.6. The largest absolute Gasteiger partial charge is 0.355 e. The molecule has 0 bridgehead atoms. The molecular formula is C22H25BrN6O. The van der Waals surface area contributed by atoms with E-state index in [1.807, 2.05) is 54.9 Å². The number of rotatable bonds is 6. The summed E-state index contributed by atoms with van der Waals surface area (Å²) in [4.78, 5) is 14.6. The lowest BCUT2D eigenvalue weighted by Gasteiger charge is -2.15. The third-order valence-electron chi connectivity index (χ3n) is 5.44. The second-order valence-electron chi connectivity index (χ2n) is 7.56. The van der Waals surface area contributed by atoms with Crippen LogP contribution in [0.1, 0.15) is 36.2 Å². The molecule has 2 aromatic heterocycles. The molecule has 7 nitrogen and oxygen atoms in total. The number of carbonyl (C=O) groups is 1. The van der Waals surface area contributed by atoms with Gasteiger partial charge in [-0.15, -0.1) is 10.2 Å². The predicted octanol–water partition coefficient (Wildman–Crippen LogP) is 4.21. The summed E-state index contributed by atoms with van der Waals surface area (Å²) < 4.78 is 2.75. The number of carbonyl (C=O) groups excluding carboxylic acids is 1. The molecule has 0 radical (unpaired) electrons. The Kier molecular flexibility index (Phi) is 6.13. The number of amides is 1. The number of aromatic nitrogens is 4. The van der Waals surface area contributed by atoms with E-state index in [9.17, 15) is 4.79 Å². The van der Waals surface area contributed by atoms with E-state index >= 15 is 0 Å². The van der Waals surface area contributed by atoms with Gasteiger partial charge in [-0.2, -0.15) is 5.10 Å². The molecule has 30 heavy (non-hydrogen) atoms. The van der Waals surface area contributed by atoms with Crippen LogP contribution in [-0.2, 0) is 11.2 Å². The Bertz CT molecular complexity index is 1040. The zero-order valence-electron chi connectivity index (χ0n) is 17.2. The molecule has 0 atom stereocenters. The highest BCUT2D eigenvalue weighted by Gasteiger charge is 2.17. The van der Waals surface area contributed by atoms with Crippen LogP contribution in [0.2, 0.25) is 0 Å². The number of nitrogens with one attached hydrogen (secondary N) is 1. The molecule has 0 spiro atoms. The lowest BCUT2D eigenvalue weighted by atomic mass is 10.1. The van der Waals surface area contributed by atoms with Crippen molar-refractivity contribution in [2.75, 3.05) is 23.3 Å². The highest BCUT2D eigenvalue weighted by molar-refractivity contribution is 9.10. The number of benzene rings is 1. The Morgan fingerprint density at radius 3 is 2.53 bits per heavy atom. The van der Waals surface area contributed by atoms with E-state index in [1.165, 1.54) is 12.8 Å². The van der Waals surface area contributed by atoms with E-state index in [0.29, 0.717) is 18.7 Å². The van der Waals surface area contributed by atoms with Crippen LogP contribution in [0.3, 0.4) is 0 Å². The monoisotopic (exact) mass is 468 g/mol. The first kappa shape index (κ1) is 20.5. The molecule has 156 valence electrons. The van der Waals surface area contributed by atoms with Gasteiger partial charge in [-0.3, -0.25) is 4.79 Å². The molecule has 1 N–H and O–H groups in total. The summed E-state index contributed by atoms with van der Waals surface area (Å²) in [5.74, 6) is 1.60. The van der Waals surface area contributed by atoms with E-state index in [1.54, 1.807) is 0 Å². The minimum Gasteiger partial charge on any atom is -0.355 e. The van der Waals surface area contributed by atoms with Gasteiger partial charge in [0.25, 0.3) is 0 Å². The van der Waals surface area contributed by atoms with Crippen molar-refractivity contribution >= 4 is 33.3 Å². The number of hydrogen-bond donors (Lipinski definition) is 1. The first-order valence-corrected chi connectivity index (χ1v) is 11.0. The molecule has 1 aliphatic rings. The summed E-state index contributed by atoms with van der Waals surface area (Å²) in [7, 11) is 0. The van der Waals surface area contributed by atoms with Crippen molar-refractivity contribution in [1.29, 1.82) is 0 Å². The fraction of sp³-hybridized carbons (Fsp3) is 0.364. The molecule has 1 saturated heterocycles. The van der Waals surface area contributed by atoms with Gasteiger partial charge in [-0.1, -0.05) is 22.0 Å². The number of aryl methyl sites for hydroxylation is 1. The number of anilines is 2. The average Bonchev–Trinajstić information content (AvgIpc) is 3.35. The van der Waals surface area contributed by atoms with Gasteiger partial charge < -0.3 is 10.2 Å². The third-order valence-corrected chi connectivity index (χ3v) is 5.93. The topological polar surface area (TPSA) is 75.9 Å². The normalized spacial score (nSPS) is 13.6. The summed E-state index contributed by atoms with van der Waals surface area (Å²) in [5.41, 5.74) is 3.76. The predicted molar refractivity (Wildman–Crippen MR) is 121 cm³/mol. The molecule has 4 rings (SSSR count). The first-order chi connectivity index (χ1) is 14.5. The van der Waals surface area contributed by atoms with Crippen molar-refractivity contribution in [3.05, 3.63) is 57.8 Å². The van der Waals surface area contributed by atoms with Gasteiger partial charge in [0.05, 0.1) is 5.69 Å². The fourth-order valence-electron chi connectivity index (χ4n) is 3.83. The fourth-order valence-corrected chi connectivity index (χ4v) is 4.23. The maximum absolute atomic E-state index is 12.4. The van der Waals surface area contributed by atoms with Crippen LogP contribution in [0.4, 0.5) is 11.5 Å². The minimum atomic E-state index is -0.0191. The SMILES string of the molecule is Cc1nn(-c2ccc(N3CCCC3)nn2)c(C)c1CCC(=O)Nc1cccc(Br)c1. The van der Waals surface area contributed by atoms with Crippen molar-refractivity contribution in [1.82, 2.24) is 20.0 Å². The summed E-state index contributed by atoms with van der Waals surface area (Å²) in [6.07, 6.45) is 3.43. The Labute approximate surface area is 184 Å². The van der Waals surface area contributed by atoms with Crippen molar-refractivity contribution < 1.29 is 4.79 Å². The molecule has 8 heteroatoms. The quantitative estimate of drug-likeness (QED) is 0.586. The molecule has 1 aromatic carbocycles. The van der Waals surface area contributed by atoms with Gasteiger partial charge >= 0.3 is 0 Å². The minimum absolute atomic E-state index is 0.0191. The number of halogens is 1. The standard InChI is InChI=1S/C22H25BrN6O/c1-15-19(8-11-22(30)24-18-7-5-6-17(23)14-18)16(2)29(27-15)21-10-9-20(25-26-21)28-12-3-4-13-28/h5-7,9-10,14H,3-4,8,11-13H2,1-2H3,(H,24,30). The average molecular weight is 469 g/mol. The highest BCUT2D eigenvalue weighted by Crippen LogP contribution is 2.21. The second-order valence-corrected chi connectivity index (χ2v) is 8.48. The van der Waals surface area contributed by atoms with Gasteiger partial charge in [0.1, 0.15) is 0 Å². The zero-order valence-corrected chi connectivity index (χ0v) is 18.8. The van der Waals surface area contributed by atoms with Gasteiger partial charge in [0.2, 0.25) is 5.91 Å². The van der Waals surface area contributed by atoms with Crippen LogP contribution in [0.25, 0.3) is 5.82 Å². The lowest BCUT2D eigenvalue weighted by molar-refractivity contribution is -0.116. The molecule has 3 aromatic rings. The van der Waals surface area contributed by atoms with Gasteiger partial charge in [-0.05, 0) is 69.0 Å². The summed E-state index contributed by atoms with van der Waals surface area (Å²) in [6.45, 7) is 6.06. The summed E-state index contributed by atoms with van der Waals surface area (Å²) in [5, 5.41) is 16.4. The number of hydrogen-bond acceptors (Lipinski definition) is 5. The van der Waals surface area contributed by atoms with Crippen molar-refractivity contribution in [3.63, 3.8) is 0 Å². The highest BCUT2D eigenvalue weighted by atomic mass is 79.9. The smallest absolute Gasteiger partial charge is 0.224 e. The molecule has 1 amide bonds. The number of nitrogens with zero attached hydrogens (tertiary/aromatic N) is 5. The Morgan fingerprint density at radius 2 is 1.83 bits per heavy atom. The Morgan fingerprint density at radius 1 is 1.10 bits per heavy atom. The lowest BCUT2D eigenvalue weighted by Crippen LogP contribution is -2.19. The second kappa shape index (κ2) is 8.95. The maximum Gasteiger partial charge on any atom is 0.224 e. The summed E-state index contributed by atoms with van der Waals surface area (Å²) >= 11 is 3.42. The molecule has 0 saturated carbocycles. The molecular weight excluding hydrogens is 444 g/mol. The van der Waals surface area contributed by atoms with Gasteiger partial charge in [-0.25, -0.2) is 4.68 Å². The Hall–Kier alpha value is -2.74. The van der Waals surface area contributed by atoms with Crippen LogP contribution < -0.4 is 10.2 Å². The molecule has 0 unspecified atom stereocenters. The van der Waals surface area contributed by atoms with Gasteiger partial charge in [0.15, 0.2) is 11.6 Å². The van der Waals surface area contributed by atoms with E-state index in [0.717, 1.165) is 46.0 Å². The van der Waals surface area contributed by atoms with Crippen LogP contribution in [-0.4, -0.2) is 39.0 Å². The van der Waals surface area contributed by atoms with E-state index in [-0.39, 0.29) is 5.91 Å². The van der Waals surface area contributed by atoms with Crippen LogP contribution in [0.15, 0.2) is 40.9 Å². The van der Waals surface area contributed by atoms with Gasteiger partial charge in [0, 0.05) is 35.4 Å². The Balaban J connectivity index is 1.43. The molecule has 3 heterocycles. The third kappa shape index (κ3) is 4.53. The van der Waals surface area contributed by atoms with Crippen molar-refractivity contribution in [2.45, 2.75) is 39.5 Å². The molecule has 0 aliphatic carbocycles. The van der Waals surface area contributed by atoms with E-state index in [2.05, 4.69) is 41.4 Å². The van der Waals surface area contributed by atoms with E-state index < -0.39 is 0 Å². The van der Waals surface area contributed by atoms with Crippen LogP contribution >= 0.6 is 15.9 Å². The molecule has 1 aliphatic heterocycles. The van der Waals surface area contributed by atoms with Crippen molar-refractivity contribution in [3.8, 4) is 5.82 Å². The first-order valence-electron chi connectivity index (χ1n) is 10.2. The van der Waals surface area contributed by atoms with Crippen molar-refractivity contribution in [2.24, 2.45) is 0 Å². The van der Waals surface area contributed by atoms with E-state index in [4.69, 9.17) is 0 Å².